The Labute approximate surface area is 64.8 Å². The standard InChI is InChI=1S/C8H9FS/c1-7-3-2-4-8(10-9)6-5-7/h3-6H,2H2,1H3. The van der Waals surface area contributed by atoms with Crippen molar-refractivity contribution >= 4 is 12.1 Å². The van der Waals surface area contributed by atoms with Gasteiger partial charge < -0.3 is 0 Å². The Balaban J connectivity index is 2.69. The van der Waals surface area contributed by atoms with Crippen LogP contribution in [0.1, 0.15) is 13.3 Å². The van der Waals surface area contributed by atoms with E-state index in [1.165, 1.54) is 5.57 Å². The van der Waals surface area contributed by atoms with Crippen molar-refractivity contribution in [2.24, 2.45) is 0 Å². The monoisotopic (exact) mass is 156 g/mol. The van der Waals surface area contributed by atoms with Crippen LogP contribution in [0, 0.1) is 0 Å². The van der Waals surface area contributed by atoms with Crippen molar-refractivity contribution in [2.45, 2.75) is 13.3 Å². The van der Waals surface area contributed by atoms with Gasteiger partial charge in [-0.15, -0.1) is 0 Å². The largest absolute Gasteiger partial charge is 0.160 e. The van der Waals surface area contributed by atoms with Gasteiger partial charge in [-0.1, -0.05) is 23.8 Å². The van der Waals surface area contributed by atoms with Crippen LogP contribution in [0.2, 0.25) is 0 Å². The minimum Gasteiger partial charge on any atom is -0.160 e. The van der Waals surface area contributed by atoms with Crippen LogP contribution in [0.15, 0.2) is 34.8 Å². The van der Waals surface area contributed by atoms with E-state index in [1.807, 2.05) is 19.1 Å². The molecule has 0 saturated heterocycles. The molecule has 0 aromatic carbocycles. The maximum Gasteiger partial charge on any atom is 0.0808 e. The van der Waals surface area contributed by atoms with E-state index in [2.05, 4.69) is 6.08 Å². The molecule has 0 saturated carbocycles. The third-order valence-corrected chi connectivity index (χ3v) is 1.84. The highest BCUT2D eigenvalue weighted by molar-refractivity contribution is 7.98. The average molecular weight is 156 g/mol. The number of allylic oxidation sites excluding steroid dienone is 5. The Morgan fingerprint density at radius 1 is 1.40 bits per heavy atom. The summed E-state index contributed by atoms with van der Waals surface area (Å²) in [5.74, 6) is 0. The van der Waals surface area contributed by atoms with Crippen molar-refractivity contribution in [1.82, 2.24) is 0 Å². The molecule has 0 heterocycles. The molecule has 54 valence electrons. The fourth-order valence-corrected chi connectivity index (χ4v) is 1.05. The Kier molecular flexibility index (Phi) is 2.75. The van der Waals surface area contributed by atoms with Gasteiger partial charge in [0.25, 0.3) is 0 Å². The van der Waals surface area contributed by atoms with Crippen molar-refractivity contribution in [3.63, 3.8) is 0 Å². The highest BCUT2D eigenvalue weighted by Crippen LogP contribution is 2.21. The molecule has 0 atom stereocenters. The molecule has 0 fully saturated rings. The van der Waals surface area contributed by atoms with Crippen LogP contribution in [0.4, 0.5) is 3.89 Å². The first-order valence-corrected chi connectivity index (χ1v) is 3.88. The lowest BCUT2D eigenvalue weighted by molar-refractivity contribution is 0.944. The van der Waals surface area contributed by atoms with Crippen LogP contribution < -0.4 is 0 Å². The summed E-state index contributed by atoms with van der Waals surface area (Å²) in [6.45, 7) is 2.01. The zero-order valence-electron chi connectivity index (χ0n) is 5.80. The zero-order valence-corrected chi connectivity index (χ0v) is 6.62. The lowest BCUT2D eigenvalue weighted by Crippen LogP contribution is -1.62. The van der Waals surface area contributed by atoms with E-state index in [4.69, 9.17) is 0 Å². The lowest BCUT2D eigenvalue weighted by Gasteiger charge is -1.86. The SMILES string of the molecule is CC1=CCC=C(SF)C=C1. The minimum absolute atomic E-state index is 0.302. The summed E-state index contributed by atoms with van der Waals surface area (Å²) in [7, 11) is 0. The molecule has 0 spiro atoms. The van der Waals surface area contributed by atoms with Gasteiger partial charge in [-0.3, -0.25) is 0 Å². The smallest absolute Gasteiger partial charge is 0.0808 e. The van der Waals surface area contributed by atoms with Gasteiger partial charge in [0, 0.05) is 4.91 Å². The summed E-state index contributed by atoms with van der Waals surface area (Å²) in [6, 6.07) is 0. The van der Waals surface area contributed by atoms with Crippen molar-refractivity contribution in [2.75, 3.05) is 0 Å². The molecule has 0 bridgehead atoms. The summed E-state index contributed by atoms with van der Waals surface area (Å²) in [5.41, 5.74) is 1.19. The Hall–Kier alpha value is -0.500. The van der Waals surface area contributed by atoms with E-state index >= 15 is 0 Å². The van der Waals surface area contributed by atoms with Gasteiger partial charge in [0.2, 0.25) is 0 Å². The molecule has 2 heteroatoms. The highest BCUT2D eigenvalue weighted by Gasteiger charge is 1.94. The van der Waals surface area contributed by atoms with E-state index < -0.39 is 0 Å². The second-order valence-corrected chi connectivity index (χ2v) is 2.83. The molecule has 1 aliphatic rings. The molecular formula is C8H9FS. The number of hydrogen-bond acceptors (Lipinski definition) is 1. The topological polar surface area (TPSA) is 0 Å². The first-order valence-electron chi connectivity index (χ1n) is 3.16. The number of hydrogen-bond donors (Lipinski definition) is 0. The van der Waals surface area contributed by atoms with E-state index in [0.29, 0.717) is 17.1 Å². The minimum atomic E-state index is 0.302. The Bertz CT molecular complexity index is 201. The van der Waals surface area contributed by atoms with Gasteiger partial charge in [-0.05, 0) is 19.4 Å². The molecule has 0 N–H and O–H groups in total. The van der Waals surface area contributed by atoms with E-state index in [-0.39, 0.29) is 0 Å². The normalized spacial score (nSPS) is 17.8. The summed E-state index contributed by atoms with van der Waals surface area (Å²) in [4.78, 5) is 0.702. The second kappa shape index (κ2) is 3.62. The van der Waals surface area contributed by atoms with Gasteiger partial charge in [0.1, 0.15) is 0 Å². The van der Waals surface area contributed by atoms with E-state index in [1.54, 1.807) is 6.08 Å². The van der Waals surface area contributed by atoms with Gasteiger partial charge in [0.05, 0.1) is 12.1 Å². The number of rotatable bonds is 1. The van der Waals surface area contributed by atoms with Crippen LogP contribution in [-0.2, 0) is 0 Å². The van der Waals surface area contributed by atoms with Crippen LogP contribution in [-0.4, -0.2) is 0 Å². The Morgan fingerprint density at radius 3 is 2.90 bits per heavy atom. The van der Waals surface area contributed by atoms with E-state index in [0.717, 1.165) is 6.42 Å². The maximum atomic E-state index is 12.0. The molecule has 0 nitrogen and oxygen atoms in total. The first-order chi connectivity index (χ1) is 4.83. The lowest BCUT2D eigenvalue weighted by atomic mass is 10.2. The second-order valence-electron chi connectivity index (χ2n) is 2.20. The maximum absolute atomic E-state index is 12.0. The van der Waals surface area contributed by atoms with Crippen molar-refractivity contribution in [3.05, 3.63) is 34.8 Å². The average Bonchev–Trinajstić information content (AvgIpc) is 2.14. The van der Waals surface area contributed by atoms with Crippen LogP contribution >= 0.6 is 12.1 Å². The fourth-order valence-electron chi connectivity index (χ4n) is 0.768. The molecular weight excluding hydrogens is 147 g/mol. The predicted molar refractivity (Wildman–Crippen MR) is 44.3 cm³/mol. The molecule has 0 aromatic heterocycles. The van der Waals surface area contributed by atoms with Crippen LogP contribution in [0.3, 0.4) is 0 Å². The van der Waals surface area contributed by atoms with Crippen molar-refractivity contribution < 1.29 is 3.89 Å². The molecule has 10 heavy (non-hydrogen) atoms. The number of halogens is 1. The summed E-state index contributed by atoms with van der Waals surface area (Å²) >= 11 is 0.302. The third kappa shape index (κ3) is 2.03. The predicted octanol–water partition coefficient (Wildman–Crippen LogP) is 3.39. The summed E-state index contributed by atoms with van der Waals surface area (Å²) in [6.07, 6.45) is 8.50. The molecule has 0 aromatic rings. The van der Waals surface area contributed by atoms with Crippen LogP contribution in [0.25, 0.3) is 0 Å². The quantitative estimate of drug-likeness (QED) is 0.560. The van der Waals surface area contributed by atoms with Crippen molar-refractivity contribution in [1.29, 1.82) is 0 Å². The summed E-state index contributed by atoms with van der Waals surface area (Å²) < 4.78 is 12.0. The molecule has 0 amide bonds. The van der Waals surface area contributed by atoms with Crippen molar-refractivity contribution in [3.8, 4) is 0 Å². The molecule has 1 aliphatic carbocycles. The van der Waals surface area contributed by atoms with E-state index in [9.17, 15) is 3.89 Å². The van der Waals surface area contributed by atoms with Crippen LogP contribution in [0.5, 0.6) is 0 Å². The first kappa shape index (κ1) is 7.61. The fraction of sp³-hybridized carbons (Fsp3) is 0.250. The highest BCUT2D eigenvalue weighted by atomic mass is 32.2. The van der Waals surface area contributed by atoms with Gasteiger partial charge in [-0.2, -0.15) is 3.89 Å². The van der Waals surface area contributed by atoms with Gasteiger partial charge in [0.15, 0.2) is 0 Å². The molecule has 0 unspecified atom stereocenters. The molecule has 0 aliphatic heterocycles. The summed E-state index contributed by atoms with van der Waals surface area (Å²) in [5, 5.41) is 0. The molecule has 1 rings (SSSR count). The Morgan fingerprint density at radius 2 is 2.20 bits per heavy atom. The van der Waals surface area contributed by atoms with Gasteiger partial charge in [-0.25, -0.2) is 0 Å². The zero-order chi connectivity index (χ0) is 7.40. The van der Waals surface area contributed by atoms with Gasteiger partial charge >= 0.3 is 0 Å². The molecule has 0 radical (unpaired) electrons. The third-order valence-electron chi connectivity index (χ3n) is 1.36.